The molecule has 0 saturated carbocycles. The summed E-state index contributed by atoms with van der Waals surface area (Å²) < 4.78 is 0. The summed E-state index contributed by atoms with van der Waals surface area (Å²) in [5, 5.41) is 47.2. The maximum absolute atomic E-state index is 12.1. The molecule has 12 aromatic rings. The van der Waals surface area contributed by atoms with Gasteiger partial charge in [0.2, 0.25) is 0 Å². The second-order valence-electron chi connectivity index (χ2n) is 14.0. The Morgan fingerprint density at radius 3 is 0.531 bits per heavy atom. The van der Waals surface area contributed by atoms with Crippen LogP contribution in [0.5, 0.6) is 17.2 Å². The number of aromatic nitrogens is 3. The number of pyridine rings is 3. The van der Waals surface area contributed by atoms with E-state index >= 15 is 0 Å². The number of nitrogens with zero attached hydrogens (tertiary/aromatic N) is 3. The summed E-state index contributed by atoms with van der Waals surface area (Å²) in [6, 6.07) is 69.6. The van der Waals surface area contributed by atoms with Gasteiger partial charge in [-0.15, -0.1) is 0 Å². The Morgan fingerprint density at radius 1 is 0.219 bits per heavy atom. The maximum Gasteiger partial charge on any atom is 3.00 e. The average Bonchev–Trinajstić information content (AvgIpc) is 3.37. The number of rotatable bonds is 0. The molecule has 0 atom stereocenters. The van der Waals surface area contributed by atoms with Crippen LogP contribution in [-0.4, -0.2) is 15.0 Å². The summed E-state index contributed by atoms with van der Waals surface area (Å²) in [4.78, 5) is 11.4. The Morgan fingerprint density at radius 2 is 0.391 bits per heavy atom. The molecule has 0 fully saturated rings. The summed E-state index contributed by atoms with van der Waals surface area (Å²) in [6.07, 6.45) is 10.5. The van der Waals surface area contributed by atoms with Gasteiger partial charge in [0.25, 0.3) is 0 Å². The maximum atomic E-state index is 12.1. The molecule has 0 amide bonds. The van der Waals surface area contributed by atoms with Crippen LogP contribution in [0.15, 0.2) is 256 Å². The van der Waals surface area contributed by atoms with Crippen molar-refractivity contribution in [1.29, 1.82) is 0 Å². The van der Waals surface area contributed by atoms with Crippen molar-refractivity contribution in [2.75, 3.05) is 0 Å². The first-order valence-electron chi connectivity index (χ1n) is 20.4. The first-order chi connectivity index (χ1) is 31.1. The number of hydrogen-bond acceptors (Lipinski definition) is 6. The van der Waals surface area contributed by atoms with Gasteiger partial charge in [0, 0.05) is 37.2 Å². The summed E-state index contributed by atoms with van der Waals surface area (Å²) in [5.74, 6) is 0.385. The van der Waals surface area contributed by atoms with Crippen LogP contribution < -0.4 is 15.3 Å². The van der Waals surface area contributed by atoms with Crippen molar-refractivity contribution < 1.29 is 53.5 Å². The van der Waals surface area contributed by atoms with Crippen molar-refractivity contribution >= 4 is 64.6 Å². The largest absolute Gasteiger partial charge is 3.00 e. The van der Waals surface area contributed by atoms with E-state index in [1.54, 1.807) is 37.2 Å². The molecule has 0 aliphatic heterocycles. The van der Waals surface area contributed by atoms with Gasteiger partial charge in [-0.1, -0.05) is 181 Å². The molecule has 3 heterocycles. The van der Waals surface area contributed by atoms with Crippen LogP contribution in [0.1, 0.15) is 0 Å². The van der Waals surface area contributed by atoms with E-state index < -0.39 is 0 Å². The molecule has 0 aliphatic rings. The van der Waals surface area contributed by atoms with Gasteiger partial charge in [-0.3, -0.25) is 15.0 Å². The SMILES string of the molecule is [Dy+3].[O-]c1c2ccccc2cc2ccccc12.[O-]c1c2ccccc2cc2ccccc12.[O-]c1c2ccccc2cc2ccccc12.c1ccncc1.c1ccncc1.c1ccncc1. The predicted octanol–water partition coefficient (Wildman–Crippen LogP) is 12.4. The summed E-state index contributed by atoms with van der Waals surface area (Å²) >= 11 is 0. The van der Waals surface area contributed by atoms with E-state index in [1.807, 2.05) is 200 Å². The third-order valence-corrected chi connectivity index (χ3v) is 9.86. The van der Waals surface area contributed by atoms with Crippen LogP contribution in [0.25, 0.3) is 64.6 Å². The topological polar surface area (TPSA) is 108 Å². The van der Waals surface area contributed by atoms with E-state index in [4.69, 9.17) is 0 Å². The van der Waals surface area contributed by atoms with Gasteiger partial charge in [-0.05, 0) is 119 Å². The van der Waals surface area contributed by atoms with E-state index in [0.717, 1.165) is 64.6 Å². The molecule has 0 N–H and O–H groups in total. The smallest absolute Gasteiger partial charge is 0.872 e. The molecule has 0 aliphatic carbocycles. The molecule has 64 heavy (non-hydrogen) atoms. The number of fused-ring (bicyclic) bond motifs is 6. The Kier molecular flexibility index (Phi) is 17.6. The van der Waals surface area contributed by atoms with E-state index in [-0.39, 0.29) is 55.4 Å². The Hall–Kier alpha value is -7.34. The molecule has 12 rings (SSSR count). The van der Waals surface area contributed by atoms with Crippen LogP contribution in [0.3, 0.4) is 0 Å². The minimum Gasteiger partial charge on any atom is -0.872 e. The molecule has 0 spiro atoms. The Bertz CT molecular complexity index is 2690. The van der Waals surface area contributed by atoms with Crippen LogP contribution in [0, 0.1) is 38.2 Å². The third kappa shape index (κ3) is 12.4. The molecular formula is C57H42DyN3O3. The molecule has 0 saturated heterocycles. The first kappa shape index (κ1) is 46.2. The first-order valence-corrected chi connectivity index (χ1v) is 20.4. The zero-order valence-electron chi connectivity index (χ0n) is 34.6. The van der Waals surface area contributed by atoms with Gasteiger partial charge in [0.1, 0.15) is 0 Å². The molecule has 7 heteroatoms. The fraction of sp³-hybridized carbons (Fsp3) is 0. The van der Waals surface area contributed by atoms with Crippen molar-refractivity contribution in [3.05, 3.63) is 256 Å². The van der Waals surface area contributed by atoms with Crippen LogP contribution >= 0.6 is 0 Å². The molecule has 0 unspecified atom stereocenters. The van der Waals surface area contributed by atoms with Crippen molar-refractivity contribution in [2.45, 2.75) is 0 Å². The van der Waals surface area contributed by atoms with Gasteiger partial charge < -0.3 is 15.3 Å². The van der Waals surface area contributed by atoms with Gasteiger partial charge >= 0.3 is 38.2 Å². The normalized spacial score (nSPS) is 9.94. The van der Waals surface area contributed by atoms with Crippen molar-refractivity contribution in [1.82, 2.24) is 15.0 Å². The number of benzene rings is 9. The monoisotopic (exact) mass is 980 g/mol. The molecule has 3 aromatic heterocycles. The molecule has 0 bridgehead atoms. The zero-order chi connectivity index (χ0) is 43.5. The average molecular weight is 979 g/mol. The van der Waals surface area contributed by atoms with E-state index in [9.17, 15) is 15.3 Å². The Balaban J connectivity index is 0.000000133. The summed E-state index contributed by atoms with van der Waals surface area (Å²) in [7, 11) is 0. The molecular weight excluding hydrogens is 937 g/mol. The van der Waals surface area contributed by atoms with Crippen LogP contribution in [-0.2, 0) is 0 Å². The molecule has 1 radical (unpaired) electrons. The van der Waals surface area contributed by atoms with Gasteiger partial charge in [-0.2, -0.15) is 0 Å². The fourth-order valence-corrected chi connectivity index (χ4v) is 6.85. The second-order valence-corrected chi connectivity index (χ2v) is 14.0. The minimum absolute atomic E-state index is 0. The minimum atomic E-state index is 0. The van der Waals surface area contributed by atoms with Crippen LogP contribution in [0.4, 0.5) is 0 Å². The standard InChI is InChI=1S/3C14H10O.3C5H5N.Dy/c3*15-14-12-7-3-1-5-10(12)9-11-6-2-4-8-13(11)14;3*1-2-4-6-5-3-1;/h3*1-9,15H;3*1-5H;/q;;;;;;+3/p-3. The van der Waals surface area contributed by atoms with E-state index in [1.165, 1.54) is 0 Å². The van der Waals surface area contributed by atoms with Crippen molar-refractivity contribution in [3.8, 4) is 17.2 Å². The van der Waals surface area contributed by atoms with E-state index in [0.29, 0.717) is 0 Å². The Labute approximate surface area is 402 Å². The van der Waals surface area contributed by atoms with Crippen molar-refractivity contribution in [3.63, 3.8) is 0 Å². The quantitative estimate of drug-likeness (QED) is 0.140. The van der Waals surface area contributed by atoms with Gasteiger partial charge in [-0.25, -0.2) is 0 Å². The van der Waals surface area contributed by atoms with Gasteiger partial charge in [0.15, 0.2) is 0 Å². The second kappa shape index (κ2) is 24.3. The molecule has 313 valence electrons. The summed E-state index contributed by atoms with van der Waals surface area (Å²) in [6.45, 7) is 0. The molecule has 9 aromatic carbocycles. The number of hydrogen-bond donors (Lipinski definition) is 0. The third-order valence-electron chi connectivity index (χ3n) is 9.86. The van der Waals surface area contributed by atoms with Crippen molar-refractivity contribution in [2.24, 2.45) is 0 Å². The summed E-state index contributed by atoms with van der Waals surface area (Å²) in [5.41, 5.74) is 0. The van der Waals surface area contributed by atoms with Crippen LogP contribution in [0.2, 0.25) is 0 Å². The fourth-order valence-electron chi connectivity index (χ4n) is 6.85. The molecule has 6 nitrogen and oxygen atoms in total. The zero-order valence-corrected chi connectivity index (χ0v) is 36.7. The predicted molar refractivity (Wildman–Crippen MR) is 255 cm³/mol. The van der Waals surface area contributed by atoms with Gasteiger partial charge in [0.05, 0.1) is 0 Å². The van der Waals surface area contributed by atoms with E-state index in [2.05, 4.69) is 33.2 Å².